The van der Waals surface area contributed by atoms with E-state index in [1.165, 1.54) is 11.3 Å². The van der Waals surface area contributed by atoms with Crippen LogP contribution in [0.5, 0.6) is 0 Å². The van der Waals surface area contributed by atoms with E-state index in [-0.39, 0.29) is 25.8 Å². The van der Waals surface area contributed by atoms with Crippen molar-refractivity contribution in [2.45, 2.75) is 63.5 Å². The molecule has 0 saturated carbocycles. The molecule has 0 aliphatic carbocycles. The molecule has 33 heavy (non-hydrogen) atoms. The zero-order valence-corrected chi connectivity index (χ0v) is 19.8. The summed E-state index contributed by atoms with van der Waals surface area (Å²) >= 11 is 1.32. The van der Waals surface area contributed by atoms with Gasteiger partial charge in [0.1, 0.15) is 0 Å². The number of ether oxygens (including phenoxy) is 1. The van der Waals surface area contributed by atoms with E-state index in [1.54, 1.807) is 48.5 Å². The summed E-state index contributed by atoms with van der Waals surface area (Å²) in [5.41, 5.74) is -5.81. The number of alkyl halides is 6. The highest BCUT2D eigenvalue weighted by molar-refractivity contribution is 7.09. The molecule has 0 N–H and O–H groups in total. The van der Waals surface area contributed by atoms with E-state index in [2.05, 4.69) is 9.72 Å². The molecule has 3 rings (SSSR count). The van der Waals surface area contributed by atoms with Crippen LogP contribution in [0.2, 0.25) is 0 Å². The number of rotatable bonds is 7. The van der Waals surface area contributed by atoms with E-state index in [4.69, 9.17) is 0 Å². The summed E-state index contributed by atoms with van der Waals surface area (Å²) in [5, 5.41) is 1.76. The van der Waals surface area contributed by atoms with Gasteiger partial charge in [-0.15, -0.1) is 11.3 Å². The zero-order chi connectivity index (χ0) is 24.7. The van der Waals surface area contributed by atoms with Crippen molar-refractivity contribution in [3.05, 3.63) is 52.0 Å². The molecular formula is C23H28F6N2OS. The van der Waals surface area contributed by atoms with Crippen molar-refractivity contribution in [3.63, 3.8) is 0 Å². The topological polar surface area (TPSA) is 25.4 Å². The van der Waals surface area contributed by atoms with Crippen LogP contribution in [0.3, 0.4) is 0 Å². The Hall–Kier alpha value is -1.65. The first-order chi connectivity index (χ1) is 15.2. The molecule has 1 saturated heterocycles. The van der Waals surface area contributed by atoms with Gasteiger partial charge in [-0.05, 0) is 69.7 Å². The van der Waals surface area contributed by atoms with E-state index in [0.29, 0.717) is 7.11 Å². The van der Waals surface area contributed by atoms with Gasteiger partial charge in [-0.3, -0.25) is 9.88 Å². The molecule has 0 spiro atoms. The first-order valence-corrected chi connectivity index (χ1v) is 11.5. The highest BCUT2D eigenvalue weighted by Crippen LogP contribution is 2.61. The molecule has 3 nitrogen and oxygen atoms in total. The Kier molecular flexibility index (Phi) is 6.96. The lowest BCUT2D eigenvalue weighted by atomic mass is 9.66. The third-order valence-corrected chi connectivity index (χ3v) is 7.98. The summed E-state index contributed by atoms with van der Waals surface area (Å²) in [6, 6.07) is 7.05. The van der Waals surface area contributed by atoms with Gasteiger partial charge in [0, 0.05) is 41.4 Å². The molecule has 1 fully saturated rings. The number of methoxy groups -OCH3 is 1. The summed E-state index contributed by atoms with van der Waals surface area (Å²) in [6.45, 7) is 5.06. The molecule has 1 aliphatic rings. The van der Waals surface area contributed by atoms with Crippen LogP contribution in [0.4, 0.5) is 26.3 Å². The third-order valence-electron chi connectivity index (χ3n) is 7.04. The average Bonchev–Trinajstić information content (AvgIpc) is 3.36. The fourth-order valence-electron chi connectivity index (χ4n) is 5.06. The lowest BCUT2D eigenvalue weighted by molar-refractivity contribution is -0.409. The number of hydrogen-bond donors (Lipinski definition) is 0. The van der Waals surface area contributed by atoms with Gasteiger partial charge in [0.05, 0.1) is 0 Å². The van der Waals surface area contributed by atoms with Crippen molar-refractivity contribution in [1.82, 2.24) is 9.88 Å². The average molecular weight is 495 g/mol. The normalized spacial score (nSPS) is 21.0. The number of thiophene rings is 1. The minimum atomic E-state index is -5.64. The fraction of sp³-hybridized carbons (Fsp3) is 0.609. The monoisotopic (exact) mass is 494 g/mol. The fourth-order valence-corrected chi connectivity index (χ4v) is 5.77. The van der Waals surface area contributed by atoms with Crippen molar-refractivity contribution in [2.24, 2.45) is 5.41 Å². The number of aromatic nitrogens is 1. The van der Waals surface area contributed by atoms with Crippen LogP contribution in [-0.2, 0) is 16.7 Å². The first kappa shape index (κ1) is 26.0. The molecule has 1 atom stereocenters. The molecule has 2 aromatic rings. The quantitative estimate of drug-likeness (QED) is 0.410. The van der Waals surface area contributed by atoms with Crippen LogP contribution in [0.15, 0.2) is 35.8 Å². The second-order valence-corrected chi connectivity index (χ2v) is 10.2. The molecule has 0 amide bonds. The number of hydrogen-bond acceptors (Lipinski definition) is 4. The molecule has 0 unspecified atom stereocenters. The van der Waals surface area contributed by atoms with Crippen molar-refractivity contribution in [1.29, 1.82) is 0 Å². The minimum absolute atomic E-state index is 0.0720. The lowest BCUT2D eigenvalue weighted by Gasteiger charge is -2.49. The molecule has 184 valence electrons. The van der Waals surface area contributed by atoms with Gasteiger partial charge in [-0.1, -0.05) is 12.1 Å². The molecule has 1 aliphatic heterocycles. The van der Waals surface area contributed by atoms with E-state index >= 15 is 0 Å². The van der Waals surface area contributed by atoms with Crippen molar-refractivity contribution in [2.75, 3.05) is 20.2 Å². The van der Waals surface area contributed by atoms with Crippen LogP contribution in [0.1, 0.15) is 42.8 Å². The summed E-state index contributed by atoms with van der Waals surface area (Å²) in [7, 11) is 0.519. The number of pyridine rings is 1. The van der Waals surface area contributed by atoms with Crippen LogP contribution < -0.4 is 0 Å². The largest absolute Gasteiger partial charge is 0.427 e. The Balaban J connectivity index is 2.07. The Morgan fingerprint density at radius 1 is 1.09 bits per heavy atom. The maximum absolute atomic E-state index is 14.4. The van der Waals surface area contributed by atoms with Gasteiger partial charge in [0.2, 0.25) is 0 Å². The highest BCUT2D eigenvalue weighted by atomic mass is 32.1. The lowest BCUT2D eigenvalue weighted by Crippen LogP contribution is -2.69. The number of likely N-dealkylation sites (tertiary alicyclic amines) is 1. The number of aryl methyl sites for hydroxylation is 2. The smallest absolute Gasteiger partial charge is 0.361 e. The van der Waals surface area contributed by atoms with Crippen molar-refractivity contribution in [3.8, 4) is 0 Å². The minimum Gasteiger partial charge on any atom is -0.361 e. The predicted molar refractivity (Wildman–Crippen MR) is 115 cm³/mol. The summed E-state index contributed by atoms with van der Waals surface area (Å²) < 4.78 is 90.6. The SMILES string of the molecule is COC(C(F)(F)F)(C(F)(F)F)[C@]1(CCc2cccs2)CCN(C(C)(C)c2ccc(C)nc2)C1. The van der Waals surface area contributed by atoms with Crippen LogP contribution in [0.25, 0.3) is 0 Å². The van der Waals surface area contributed by atoms with E-state index in [9.17, 15) is 26.3 Å². The number of halogens is 6. The van der Waals surface area contributed by atoms with Gasteiger partial charge in [-0.2, -0.15) is 26.3 Å². The zero-order valence-electron chi connectivity index (χ0n) is 19.0. The second kappa shape index (κ2) is 8.85. The molecule has 0 bridgehead atoms. The van der Waals surface area contributed by atoms with Gasteiger partial charge in [-0.25, -0.2) is 0 Å². The van der Waals surface area contributed by atoms with Gasteiger partial charge >= 0.3 is 12.4 Å². The van der Waals surface area contributed by atoms with E-state index < -0.39 is 35.5 Å². The summed E-state index contributed by atoms with van der Waals surface area (Å²) in [4.78, 5) is 6.69. The van der Waals surface area contributed by atoms with Crippen LogP contribution >= 0.6 is 11.3 Å². The molecule has 10 heteroatoms. The van der Waals surface area contributed by atoms with E-state index in [1.807, 2.05) is 13.0 Å². The maximum Gasteiger partial charge on any atom is 0.427 e. The van der Waals surface area contributed by atoms with Crippen LogP contribution in [0, 0.1) is 12.3 Å². The highest BCUT2D eigenvalue weighted by Gasteiger charge is 2.81. The van der Waals surface area contributed by atoms with Gasteiger partial charge < -0.3 is 4.74 Å². The Morgan fingerprint density at radius 3 is 2.24 bits per heavy atom. The van der Waals surface area contributed by atoms with Gasteiger partial charge in [0.15, 0.2) is 0 Å². The Morgan fingerprint density at radius 2 is 1.76 bits per heavy atom. The predicted octanol–water partition coefficient (Wildman–Crippen LogP) is 6.52. The molecule has 0 radical (unpaired) electrons. The molecular weight excluding hydrogens is 466 g/mol. The summed E-state index contributed by atoms with van der Waals surface area (Å²) in [5.74, 6) is 0. The maximum atomic E-state index is 14.4. The van der Waals surface area contributed by atoms with Crippen LogP contribution in [-0.4, -0.2) is 48.0 Å². The van der Waals surface area contributed by atoms with Crippen molar-refractivity contribution < 1.29 is 31.1 Å². The van der Waals surface area contributed by atoms with Crippen molar-refractivity contribution >= 4 is 11.3 Å². The third kappa shape index (κ3) is 4.41. The summed E-state index contributed by atoms with van der Waals surface area (Å²) in [6.07, 6.45) is -10.2. The molecule has 2 aromatic heterocycles. The van der Waals surface area contributed by atoms with E-state index in [0.717, 1.165) is 16.1 Å². The standard InChI is InChI=1S/C23H28F6N2OS/c1-16-7-8-17(14-30-16)19(2,3)31-12-11-20(15-31,10-9-18-6-5-13-33-18)21(32-4,22(24,25)26)23(27,28)29/h5-8,13-14H,9-12,15H2,1-4H3/t20-/m1/s1. The molecule has 3 heterocycles. The van der Waals surface area contributed by atoms with Gasteiger partial charge in [0.25, 0.3) is 5.60 Å². The number of nitrogens with zero attached hydrogens (tertiary/aromatic N) is 2. The Bertz CT molecular complexity index is 910. The molecule has 0 aromatic carbocycles. The second-order valence-electron chi connectivity index (χ2n) is 9.16. The Labute approximate surface area is 193 Å². The first-order valence-electron chi connectivity index (χ1n) is 10.6.